The van der Waals surface area contributed by atoms with Gasteiger partial charge in [0, 0.05) is 39.6 Å². The molecule has 3 rings (SSSR count). The zero-order valence-corrected chi connectivity index (χ0v) is 9.20. The van der Waals surface area contributed by atoms with Crippen LogP contribution in [0.15, 0.2) is 48.8 Å². The number of hydrogen-bond donors (Lipinski definition) is 1. The van der Waals surface area contributed by atoms with Gasteiger partial charge in [0.05, 0.1) is 0 Å². The van der Waals surface area contributed by atoms with Crippen LogP contribution in [0.2, 0.25) is 5.02 Å². The van der Waals surface area contributed by atoms with Gasteiger partial charge in [0.15, 0.2) is 0 Å². The number of aromatic amines is 1. The Morgan fingerprint density at radius 2 is 2.06 bits per heavy atom. The monoisotopic (exact) mass is 228 g/mol. The van der Waals surface area contributed by atoms with E-state index in [9.17, 15) is 0 Å². The fourth-order valence-corrected chi connectivity index (χ4v) is 1.95. The number of aromatic nitrogens is 2. The number of nitrogens with zero attached hydrogens (tertiary/aromatic N) is 1. The molecule has 1 aromatic carbocycles. The van der Waals surface area contributed by atoms with Crippen molar-refractivity contribution in [3.05, 3.63) is 53.8 Å². The highest BCUT2D eigenvalue weighted by atomic mass is 35.5. The van der Waals surface area contributed by atoms with Crippen molar-refractivity contribution in [1.82, 2.24) is 9.97 Å². The topological polar surface area (TPSA) is 28.7 Å². The number of H-pyrrole nitrogens is 1. The largest absolute Gasteiger partial charge is 0.354 e. The van der Waals surface area contributed by atoms with Crippen LogP contribution < -0.4 is 0 Å². The molecule has 0 spiro atoms. The second kappa shape index (κ2) is 3.65. The highest BCUT2D eigenvalue weighted by Crippen LogP contribution is 2.25. The van der Waals surface area contributed by atoms with E-state index in [1.54, 1.807) is 6.20 Å². The first-order valence-corrected chi connectivity index (χ1v) is 5.39. The van der Waals surface area contributed by atoms with Crippen LogP contribution in [0.25, 0.3) is 22.2 Å². The molecule has 0 atom stereocenters. The summed E-state index contributed by atoms with van der Waals surface area (Å²) in [5.41, 5.74) is 3.19. The van der Waals surface area contributed by atoms with Gasteiger partial charge in [-0.25, -0.2) is 0 Å². The predicted molar refractivity (Wildman–Crippen MR) is 66.5 cm³/mol. The molecule has 0 radical (unpaired) electrons. The van der Waals surface area contributed by atoms with Crippen molar-refractivity contribution < 1.29 is 0 Å². The molecule has 0 unspecified atom stereocenters. The Labute approximate surface area is 97.9 Å². The summed E-state index contributed by atoms with van der Waals surface area (Å²) < 4.78 is 0. The van der Waals surface area contributed by atoms with Gasteiger partial charge in [-0.05, 0) is 30.3 Å². The molecule has 3 aromatic rings. The number of rotatable bonds is 1. The molecule has 0 aliphatic carbocycles. The van der Waals surface area contributed by atoms with Gasteiger partial charge in [-0.2, -0.15) is 0 Å². The van der Waals surface area contributed by atoms with Crippen molar-refractivity contribution in [3.8, 4) is 11.3 Å². The lowest BCUT2D eigenvalue weighted by Gasteiger charge is -1.94. The van der Waals surface area contributed by atoms with Crippen LogP contribution in [-0.2, 0) is 0 Å². The zero-order chi connectivity index (χ0) is 11.0. The van der Waals surface area contributed by atoms with Gasteiger partial charge in [0.25, 0.3) is 0 Å². The molecule has 1 N–H and O–H groups in total. The Morgan fingerprint density at radius 3 is 2.88 bits per heavy atom. The van der Waals surface area contributed by atoms with E-state index in [0.717, 1.165) is 27.2 Å². The van der Waals surface area contributed by atoms with Gasteiger partial charge in [-0.15, -0.1) is 0 Å². The minimum atomic E-state index is 0.743. The average Bonchev–Trinajstić information content (AvgIpc) is 2.73. The van der Waals surface area contributed by atoms with Crippen molar-refractivity contribution in [2.24, 2.45) is 0 Å². The molecule has 0 saturated carbocycles. The molecule has 0 aliphatic heterocycles. The number of hydrogen-bond acceptors (Lipinski definition) is 1. The molecule has 16 heavy (non-hydrogen) atoms. The lowest BCUT2D eigenvalue weighted by atomic mass is 10.2. The third-order valence-corrected chi connectivity index (χ3v) is 2.79. The van der Waals surface area contributed by atoms with Crippen molar-refractivity contribution in [2.75, 3.05) is 0 Å². The van der Waals surface area contributed by atoms with Gasteiger partial charge >= 0.3 is 0 Å². The van der Waals surface area contributed by atoms with Gasteiger partial charge in [0.1, 0.15) is 0 Å². The molecule has 2 nitrogen and oxygen atoms in total. The summed E-state index contributed by atoms with van der Waals surface area (Å²) in [5.74, 6) is 0. The van der Waals surface area contributed by atoms with E-state index in [4.69, 9.17) is 11.6 Å². The third kappa shape index (κ3) is 1.57. The summed E-state index contributed by atoms with van der Waals surface area (Å²) in [6.07, 6.45) is 3.61. The van der Waals surface area contributed by atoms with Gasteiger partial charge in [-0.3, -0.25) is 4.98 Å². The van der Waals surface area contributed by atoms with E-state index in [0.29, 0.717) is 0 Å². The molecule has 2 aromatic heterocycles. The second-order valence-corrected chi connectivity index (χ2v) is 4.09. The molecule has 0 bridgehead atoms. The van der Waals surface area contributed by atoms with Crippen LogP contribution in [0, 0.1) is 0 Å². The summed E-state index contributed by atoms with van der Waals surface area (Å²) in [4.78, 5) is 7.43. The molecular formula is C13H9ClN2. The molecule has 0 fully saturated rings. The maximum Gasteiger partial charge on any atom is 0.0480 e. The maximum absolute atomic E-state index is 5.94. The van der Waals surface area contributed by atoms with Crippen LogP contribution in [0.5, 0.6) is 0 Å². The van der Waals surface area contributed by atoms with Gasteiger partial charge < -0.3 is 4.98 Å². The lowest BCUT2D eigenvalue weighted by molar-refractivity contribution is 1.31. The molecule has 0 aliphatic rings. The quantitative estimate of drug-likeness (QED) is 0.673. The first kappa shape index (κ1) is 9.43. The van der Waals surface area contributed by atoms with E-state index in [-0.39, 0.29) is 0 Å². The van der Waals surface area contributed by atoms with E-state index >= 15 is 0 Å². The van der Waals surface area contributed by atoms with E-state index in [1.165, 1.54) is 0 Å². The predicted octanol–water partition coefficient (Wildman–Crippen LogP) is 3.88. The Hall–Kier alpha value is -1.80. The Morgan fingerprint density at radius 1 is 1.12 bits per heavy atom. The van der Waals surface area contributed by atoms with Crippen molar-refractivity contribution in [1.29, 1.82) is 0 Å². The number of fused-ring (bicyclic) bond motifs is 1. The van der Waals surface area contributed by atoms with Crippen LogP contribution in [0.1, 0.15) is 0 Å². The number of nitrogens with one attached hydrogen (secondary N) is 1. The fraction of sp³-hybridized carbons (Fsp3) is 0. The highest BCUT2D eigenvalue weighted by Gasteiger charge is 2.03. The minimum absolute atomic E-state index is 0.743. The number of pyridine rings is 1. The Kier molecular flexibility index (Phi) is 2.15. The minimum Gasteiger partial charge on any atom is -0.354 e. The normalized spacial score (nSPS) is 10.8. The molecular weight excluding hydrogens is 220 g/mol. The standard InChI is InChI=1S/C13H9ClN2/c14-11-4-3-9-6-12(16-13(9)7-11)10-2-1-5-15-8-10/h1-8,16H. The van der Waals surface area contributed by atoms with Gasteiger partial charge in [0.2, 0.25) is 0 Å². The zero-order valence-electron chi connectivity index (χ0n) is 8.44. The molecule has 0 amide bonds. The van der Waals surface area contributed by atoms with Crippen LogP contribution in [0.4, 0.5) is 0 Å². The summed E-state index contributed by atoms with van der Waals surface area (Å²) in [6.45, 7) is 0. The number of halogens is 1. The Bertz CT molecular complexity index is 629. The molecule has 0 saturated heterocycles. The van der Waals surface area contributed by atoms with Crippen molar-refractivity contribution in [2.45, 2.75) is 0 Å². The van der Waals surface area contributed by atoms with Crippen molar-refractivity contribution in [3.63, 3.8) is 0 Å². The van der Waals surface area contributed by atoms with Crippen molar-refractivity contribution >= 4 is 22.5 Å². The van der Waals surface area contributed by atoms with Gasteiger partial charge in [-0.1, -0.05) is 17.7 Å². The second-order valence-electron chi connectivity index (χ2n) is 3.66. The van der Waals surface area contributed by atoms with E-state index < -0.39 is 0 Å². The average molecular weight is 229 g/mol. The van der Waals surface area contributed by atoms with E-state index in [1.807, 2.05) is 36.5 Å². The van der Waals surface area contributed by atoms with Crippen LogP contribution >= 0.6 is 11.6 Å². The summed E-state index contributed by atoms with van der Waals surface area (Å²) in [7, 11) is 0. The Balaban J connectivity index is 2.19. The third-order valence-electron chi connectivity index (χ3n) is 2.56. The molecule has 78 valence electrons. The molecule has 3 heteroatoms. The van der Waals surface area contributed by atoms with E-state index in [2.05, 4.69) is 16.0 Å². The van der Waals surface area contributed by atoms with Crippen LogP contribution in [0.3, 0.4) is 0 Å². The summed E-state index contributed by atoms with van der Waals surface area (Å²) >= 11 is 5.94. The number of benzene rings is 1. The maximum atomic E-state index is 5.94. The first-order chi connectivity index (χ1) is 7.83. The summed E-state index contributed by atoms with van der Waals surface area (Å²) in [6, 6.07) is 11.9. The fourth-order valence-electron chi connectivity index (χ4n) is 1.78. The lowest BCUT2D eigenvalue weighted by Crippen LogP contribution is -1.77. The SMILES string of the molecule is Clc1ccc2cc(-c3cccnc3)[nH]c2c1. The summed E-state index contributed by atoms with van der Waals surface area (Å²) in [5, 5.41) is 1.90. The van der Waals surface area contributed by atoms with Crippen LogP contribution in [-0.4, -0.2) is 9.97 Å². The molecule has 2 heterocycles. The first-order valence-electron chi connectivity index (χ1n) is 5.01. The smallest absolute Gasteiger partial charge is 0.0480 e. The highest BCUT2D eigenvalue weighted by molar-refractivity contribution is 6.31.